The first kappa shape index (κ1) is 23.1. The van der Waals surface area contributed by atoms with E-state index in [0.717, 1.165) is 33.9 Å². The molecule has 0 radical (unpaired) electrons. The van der Waals surface area contributed by atoms with Gasteiger partial charge in [0.2, 0.25) is 0 Å². The van der Waals surface area contributed by atoms with Crippen LogP contribution in [0.3, 0.4) is 0 Å². The molecule has 1 heterocycles. The predicted octanol–water partition coefficient (Wildman–Crippen LogP) is 6.10. The number of benzene rings is 3. The summed E-state index contributed by atoms with van der Waals surface area (Å²) in [6, 6.07) is 19.3. The van der Waals surface area contributed by atoms with E-state index in [-0.39, 0.29) is 28.2 Å². The number of ketones is 1. The Hall–Kier alpha value is -3.64. The molecule has 7 heteroatoms. The number of halogens is 1. The quantitative estimate of drug-likeness (QED) is 0.411. The van der Waals surface area contributed by atoms with Crippen LogP contribution in [0.5, 0.6) is 11.5 Å². The van der Waals surface area contributed by atoms with E-state index in [1.807, 2.05) is 38.4 Å². The van der Waals surface area contributed by atoms with Gasteiger partial charge < -0.3 is 25.4 Å². The summed E-state index contributed by atoms with van der Waals surface area (Å²) in [7, 11) is 5.51. The molecule has 180 valence electrons. The Labute approximate surface area is 210 Å². The van der Waals surface area contributed by atoms with Gasteiger partial charge in [-0.15, -0.1) is 0 Å². The van der Waals surface area contributed by atoms with Gasteiger partial charge in [-0.3, -0.25) is 4.79 Å². The van der Waals surface area contributed by atoms with Crippen LogP contribution in [-0.2, 0) is 4.79 Å². The molecule has 6 nitrogen and oxygen atoms in total. The standard InChI is InChI=1S/C28H28ClN3O3/c1-32(2)19-10-8-16(9-11-19)17-13-23-26(24(33)14-17)27(31-22-7-5-4-6-21(22)30-23)18-12-20(29)28(34)25(15-18)35-3/h4-12,15,17,27,30-31,34H,13-14H2,1-3H3. The Morgan fingerprint density at radius 1 is 1.00 bits per heavy atom. The highest BCUT2D eigenvalue weighted by molar-refractivity contribution is 6.32. The summed E-state index contributed by atoms with van der Waals surface area (Å²) < 4.78 is 5.34. The Balaban J connectivity index is 1.59. The molecule has 3 aromatic rings. The molecule has 0 amide bonds. The first-order chi connectivity index (χ1) is 16.9. The molecule has 35 heavy (non-hydrogen) atoms. The number of nitrogens with one attached hydrogen (secondary N) is 2. The van der Waals surface area contributed by atoms with Crippen molar-refractivity contribution < 1.29 is 14.6 Å². The van der Waals surface area contributed by atoms with Crippen LogP contribution in [0, 0.1) is 0 Å². The molecule has 5 rings (SSSR count). The van der Waals surface area contributed by atoms with Crippen molar-refractivity contribution in [1.82, 2.24) is 0 Å². The molecular weight excluding hydrogens is 462 g/mol. The third-order valence-corrected chi connectivity index (χ3v) is 7.08. The molecule has 0 aromatic heterocycles. The number of phenols is 1. The Morgan fingerprint density at radius 3 is 2.40 bits per heavy atom. The van der Waals surface area contributed by atoms with Crippen molar-refractivity contribution >= 4 is 34.4 Å². The maximum absolute atomic E-state index is 13.7. The number of Topliss-reactive ketones (excluding diaryl/α,β-unsaturated/α-hetero) is 1. The van der Waals surface area contributed by atoms with Crippen LogP contribution in [0.15, 0.2) is 71.9 Å². The summed E-state index contributed by atoms with van der Waals surface area (Å²) in [5.41, 5.74) is 6.40. The number of carbonyl (C=O) groups excluding carboxylic acids is 1. The number of carbonyl (C=O) groups is 1. The first-order valence-electron chi connectivity index (χ1n) is 11.6. The maximum atomic E-state index is 13.7. The average Bonchev–Trinajstić information content (AvgIpc) is 3.02. The topological polar surface area (TPSA) is 73.8 Å². The number of phenolic OH excluding ortho intramolecular Hbond substituents is 1. The van der Waals surface area contributed by atoms with Crippen molar-refractivity contribution in [1.29, 1.82) is 0 Å². The van der Waals surface area contributed by atoms with E-state index in [1.165, 1.54) is 7.11 Å². The molecule has 0 saturated heterocycles. The fourth-order valence-corrected chi connectivity index (χ4v) is 5.16. The Kier molecular flexibility index (Phi) is 6.07. The summed E-state index contributed by atoms with van der Waals surface area (Å²) in [5, 5.41) is 17.5. The predicted molar refractivity (Wildman–Crippen MR) is 141 cm³/mol. The van der Waals surface area contributed by atoms with Crippen molar-refractivity contribution in [3.05, 3.63) is 88.1 Å². The van der Waals surface area contributed by atoms with Crippen LogP contribution in [0.25, 0.3) is 0 Å². The van der Waals surface area contributed by atoms with Gasteiger partial charge in [0.05, 0.1) is 29.5 Å². The Bertz CT molecular complexity index is 1320. The average molecular weight is 490 g/mol. The molecule has 3 N–H and O–H groups in total. The third-order valence-electron chi connectivity index (χ3n) is 6.79. The zero-order chi connectivity index (χ0) is 24.7. The van der Waals surface area contributed by atoms with E-state index in [9.17, 15) is 9.90 Å². The van der Waals surface area contributed by atoms with Crippen LogP contribution < -0.4 is 20.3 Å². The number of rotatable bonds is 4. The van der Waals surface area contributed by atoms with Gasteiger partial charge in [0.25, 0.3) is 0 Å². The number of methoxy groups -OCH3 is 1. The molecule has 0 spiro atoms. The third kappa shape index (κ3) is 4.30. The summed E-state index contributed by atoms with van der Waals surface area (Å²) >= 11 is 6.33. The van der Waals surface area contributed by atoms with Gasteiger partial charge in [-0.05, 0) is 59.9 Å². The van der Waals surface area contributed by atoms with E-state index in [0.29, 0.717) is 18.4 Å². The van der Waals surface area contributed by atoms with Gasteiger partial charge in [0, 0.05) is 37.5 Å². The molecule has 0 saturated carbocycles. The van der Waals surface area contributed by atoms with Crippen molar-refractivity contribution in [2.45, 2.75) is 24.8 Å². The van der Waals surface area contributed by atoms with E-state index in [1.54, 1.807) is 12.1 Å². The summed E-state index contributed by atoms with van der Waals surface area (Å²) in [6.45, 7) is 0. The second-order valence-corrected chi connectivity index (χ2v) is 9.62. The summed E-state index contributed by atoms with van der Waals surface area (Å²) in [4.78, 5) is 15.8. The van der Waals surface area contributed by atoms with Gasteiger partial charge in [-0.1, -0.05) is 35.9 Å². The summed E-state index contributed by atoms with van der Waals surface area (Å²) in [6.07, 6.45) is 1.12. The van der Waals surface area contributed by atoms with E-state index < -0.39 is 6.04 Å². The molecule has 1 aliphatic heterocycles. The van der Waals surface area contributed by atoms with Gasteiger partial charge in [0.15, 0.2) is 17.3 Å². The zero-order valence-corrected chi connectivity index (χ0v) is 20.7. The van der Waals surface area contributed by atoms with Gasteiger partial charge in [0.1, 0.15) is 0 Å². The minimum absolute atomic E-state index is 0.0776. The van der Waals surface area contributed by atoms with E-state index in [4.69, 9.17) is 16.3 Å². The molecule has 0 bridgehead atoms. The lowest BCUT2D eigenvalue weighted by atomic mass is 9.78. The van der Waals surface area contributed by atoms with Crippen molar-refractivity contribution in [3.63, 3.8) is 0 Å². The minimum atomic E-state index is -0.447. The monoisotopic (exact) mass is 489 g/mol. The maximum Gasteiger partial charge on any atom is 0.176 e. The van der Waals surface area contributed by atoms with Gasteiger partial charge in [-0.25, -0.2) is 0 Å². The molecule has 1 aliphatic carbocycles. The van der Waals surface area contributed by atoms with Crippen molar-refractivity contribution in [3.8, 4) is 11.5 Å². The number of hydrogen-bond acceptors (Lipinski definition) is 6. The lowest BCUT2D eigenvalue weighted by Crippen LogP contribution is -2.27. The second kappa shape index (κ2) is 9.19. The molecule has 3 aromatic carbocycles. The lowest BCUT2D eigenvalue weighted by Gasteiger charge is -2.30. The number of allylic oxidation sites excluding steroid dienone is 1. The number of anilines is 3. The fraction of sp³-hybridized carbons (Fsp3) is 0.250. The normalized spacial score (nSPS) is 19.1. The van der Waals surface area contributed by atoms with Crippen molar-refractivity contribution in [2.24, 2.45) is 0 Å². The molecule has 2 aliphatic rings. The van der Waals surface area contributed by atoms with Crippen LogP contribution >= 0.6 is 11.6 Å². The van der Waals surface area contributed by atoms with Crippen molar-refractivity contribution in [2.75, 3.05) is 36.7 Å². The molecule has 2 atom stereocenters. The fourth-order valence-electron chi connectivity index (χ4n) is 4.94. The second-order valence-electron chi connectivity index (χ2n) is 9.21. The molecule has 0 fully saturated rings. The van der Waals surface area contributed by atoms with Crippen LogP contribution in [-0.4, -0.2) is 32.1 Å². The van der Waals surface area contributed by atoms with Crippen LogP contribution in [0.4, 0.5) is 17.1 Å². The van der Waals surface area contributed by atoms with Crippen LogP contribution in [0.2, 0.25) is 5.02 Å². The van der Waals surface area contributed by atoms with Gasteiger partial charge in [-0.2, -0.15) is 0 Å². The number of fused-ring (bicyclic) bond motifs is 1. The smallest absolute Gasteiger partial charge is 0.176 e. The highest BCUT2D eigenvalue weighted by Crippen LogP contribution is 2.46. The van der Waals surface area contributed by atoms with E-state index >= 15 is 0 Å². The SMILES string of the molecule is COc1cc(C2Nc3ccccc3NC3=C2C(=O)CC(c2ccc(N(C)C)cc2)C3)cc(Cl)c1O. The summed E-state index contributed by atoms with van der Waals surface area (Å²) in [5.74, 6) is 0.308. The number of hydrogen-bond donors (Lipinski definition) is 3. The number of aromatic hydroxyl groups is 1. The van der Waals surface area contributed by atoms with Gasteiger partial charge >= 0.3 is 0 Å². The first-order valence-corrected chi connectivity index (χ1v) is 12.0. The largest absolute Gasteiger partial charge is 0.503 e. The number of ether oxygens (including phenoxy) is 1. The Morgan fingerprint density at radius 2 is 1.71 bits per heavy atom. The molecular formula is C28H28ClN3O3. The molecule has 2 unspecified atom stereocenters. The van der Waals surface area contributed by atoms with Crippen LogP contribution in [0.1, 0.15) is 35.9 Å². The van der Waals surface area contributed by atoms with E-state index in [2.05, 4.69) is 39.8 Å². The zero-order valence-electron chi connectivity index (χ0n) is 19.9. The number of para-hydroxylation sites is 2. The lowest BCUT2D eigenvalue weighted by molar-refractivity contribution is -0.116. The minimum Gasteiger partial charge on any atom is -0.503 e. The highest BCUT2D eigenvalue weighted by atomic mass is 35.5. The highest BCUT2D eigenvalue weighted by Gasteiger charge is 2.36. The number of nitrogens with zero attached hydrogens (tertiary/aromatic N) is 1.